The molecule has 7 nitrogen and oxygen atoms in total. The monoisotopic (exact) mass is 458 g/mol. The minimum Gasteiger partial charge on any atom is -0.438 e. The molecule has 0 radical (unpaired) electrons. The summed E-state index contributed by atoms with van der Waals surface area (Å²) in [7, 11) is 0. The molecule has 1 aliphatic rings. The first-order chi connectivity index (χ1) is 15.9. The van der Waals surface area contributed by atoms with Crippen LogP contribution in [0.4, 0.5) is 11.6 Å². The lowest BCUT2D eigenvalue weighted by Crippen LogP contribution is -2.39. The zero-order valence-electron chi connectivity index (χ0n) is 18.5. The number of aryl methyl sites for hydroxylation is 2. The molecule has 0 unspecified atom stereocenters. The maximum Gasteiger partial charge on any atom is 0.226 e. The summed E-state index contributed by atoms with van der Waals surface area (Å²) in [6, 6.07) is 15.3. The van der Waals surface area contributed by atoms with Gasteiger partial charge in [0.15, 0.2) is 0 Å². The number of hydrogen-bond acceptors (Lipinski definition) is 7. The number of piperidine rings is 1. The van der Waals surface area contributed by atoms with Gasteiger partial charge in [-0.3, -0.25) is 0 Å². The van der Waals surface area contributed by atoms with Crippen LogP contribution in [0, 0.1) is 36.5 Å². The second-order valence-electron chi connectivity index (χ2n) is 8.09. The van der Waals surface area contributed by atoms with E-state index in [4.69, 9.17) is 21.6 Å². The van der Waals surface area contributed by atoms with Gasteiger partial charge >= 0.3 is 0 Å². The van der Waals surface area contributed by atoms with Crippen molar-refractivity contribution in [3.63, 3.8) is 0 Å². The Morgan fingerprint density at radius 1 is 1.03 bits per heavy atom. The maximum atomic E-state index is 9.19. The Morgan fingerprint density at radius 2 is 1.70 bits per heavy atom. The fourth-order valence-corrected chi connectivity index (χ4v) is 4.26. The van der Waals surface area contributed by atoms with Gasteiger partial charge in [0.25, 0.3) is 0 Å². The van der Waals surface area contributed by atoms with Crippen LogP contribution in [0.5, 0.6) is 11.6 Å². The predicted molar refractivity (Wildman–Crippen MR) is 128 cm³/mol. The Kier molecular flexibility index (Phi) is 6.63. The Balaban J connectivity index is 1.40. The first-order valence-electron chi connectivity index (χ1n) is 10.7. The third-order valence-corrected chi connectivity index (χ3v) is 5.85. The van der Waals surface area contributed by atoms with Gasteiger partial charge in [0.05, 0.1) is 23.3 Å². The van der Waals surface area contributed by atoms with E-state index < -0.39 is 0 Å². The van der Waals surface area contributed by atoms with E-state index in [0.717, 1.165) is 42.7 Å². The second-order valence-corrected chi connectivity index (χ2v) is 8.52. The molecule has 1 N–H and O–H groups in total. The van der Waals surface area contributed by atoms with E-state index in [0.29, 0.717) is 33.7 Å². The normalized spacial score (nSPS) is 13.8. The largest absolute Gasteiger partial charge is 0.438 e. The van der Waals surface area contributed by atoms with E-state index in [1.165, 1.54) is 0 Å². The molecule has 33 heavy (non-hydrogen) atoms. The molecule has 0 atom stereocenters. The van der Waals surface area contributed by atoms with Gasteiger partial charge in [-0.1, -0.05) is 11.6 Å². The minimum absolute atomic E-state index is 0.226. The van der Waals surface area contributed by atoms with Crippen molar-refractivity contribution in [1.82, 2.24) is 9.97 Å². The van der Waals surface area contributed by atoms with Gasteiger partial charge < -0.3 is 15.0 Å². The molecule has 1 aromatic heterocycles. The third kappa shape index (κ3) is 5.34. The predicted octanol–water partition coefficient (Wildman–Crippen LogP) is 5.36. The highest BCUT2D eigenvalue weighted by atomic mass is 35.5. The molecule has 2 heterocycles. The number of halogens is 1. The maximum absolute atomic E-state index is 9.19. The third-order valence-electron chi connectivity index (χ3n) is 5.63. The standard InChI is InChI=1S/C25H23ClN6O/c1-16-9-18(14-27)10-17(2)24(16)33-23-3-6-29-25(31-23)30-21-4-7-32(8-5-21)22-12-19(15-28)11-20(26)13-22/h3,6,9-13,21H,4-5,7-8H2,1-2H3,(H,29,30,31). The molecule has 1 fully saturated rings. The number of rotatable bonds is 5. The van der Waals surface area contributed by atoms with Crippen LogP contribution >= 0.6 is 11.6 Å². The molecule has 3 aromatic rings. The highest BCUT2D eigenvalue weighted by molar-refractivity contribution is 6.31. The summed E-state index contributed by atoms with van der Waals surface area (Å²) < 4.78 is 6.03. The van der Waals surface area contributed by atoms with Gasteiger partial charge in [-0.05, 0) is 68.1 Å². The highest BCUT2D eigenvalue weighted by Gasteiger charge is 2.21. The van der Waals surface area contributed by atoms with Gasteiger partial charge in [-0.25, -0.2) is 4.98 Å². The molecular weight excluding hydrogens is 436 g/mol. The topological polar surface area (TPSA) is 97.9 Å². The van der Waals surface area contributed by atoms with Crippen molar-refractivity contribution in [2.75, 3.05) is 23.3 Å². The number of nitrogens with zero attached hydrogens (tertiary/aromatic N) is 5. The number of nitrogens with one attached hydrogen (secondary N) is 1. The van der Waals surface area contributed by atoms with Crippen LogP contribution in [0.1, 0.15) is 35.1 Å². The molecule has 0 aliphatic carbocycles. The fourth-order valence-electron chi connectivity index (χ4n) is 4.03. The average molecular weight is 459 g/mol. The summed E-state index contributed by atoms with van der Waals surface area (Å²) in [5, 5.41) is 22.3. The number of hydrogen-bond donors (Lipinski definition) is 1. The van der Waals surface area contributed by atoms with Crippen molar-refractivity contribution < 1.29 is 4.74 Å². The molecule has 4 rings (SSSR count). The summed E-state index contributed by atoms with van der Waals surface area (Å²) in [5.74, 6) is 1.67. The molecule has 0 saturated carbocycles. The first kappa shape index (κ1) is 22.4. The average Bonchev–Trinajstić information content (AvgIpc) is 2.81. The smallest absolute Gasteiger partial charge is 0.226 e. The van der Waals surface area contributed by atoms with Gasteiger partial charge in [-0.2, -0.15) is 15.5 Å². The lowest BCUT2D eigenvalue weighted by Gasteiger charge is -2.34. The van der Waals surface area contributed by atoms with Crippen molar-refractivity contribution >= 4 is 23.2 Å². The quantitative estimate of drug-likeness (QED) is 0.549. The van der Waals surface area contributed by atoms with Crippen molar-refractivity contribution in [2.45, 2.75) is 32.7 Å². The van der Waals surface area contributed by atoms with E-state index in [2.05, 4.69) is 32.3 Å². The second kappa shape index (κ2) is 9.77. The molecule has 0 amide bonds. The van der Waals surface area contributed by atoms with Crippen LogP contribution in [0.2, 0.25) is 5.02 Å². The van der Waals surface area contributed by atoms with E-state index in [-0.39, 0.29) is 6.04 Å². The minimum atomic E-state index is 0.226. The molecule has 1 aliphatic heterocycles. The van der Waals surface area contributed by atoms with E-state index in [1.54, 1.807) is 30.5 Å². The summed E-state index contributed by atoms with van der Waals surface area (Å²) in [6.07, 6.45) is 3.47. The van der Waals surface area contributed by atoms with Crippen molar-refractivity contribution in [3.8, 4) is 23.8 Å². The Labute approximate surface area is 198 Å². The summed E-state index contributed by atoms with van der Waals surface area (Å²) in [6.45, 7) is 5.50. The van der Waals surface area contributed by atoms with Crippen LogP contribution in [0.3, 0.4) is 0 Å². The summed E-state index contributed by atoms with van der Waals surface area (Å²) in [4.78, 5) is 11.1. The van der Waals surface area contributed by atoms with Gasteiger partial charge in [0.2, 0.25) is 11.8 Å². The summed E-state index contributed by atoms with van der Waals surface area (Å²) >= 11 is 6.16. The Bertz CT molecular complexity index is 1230. The van der Waals surface area contributed by atoms with E-state index >= 15 is 0 Å². The SMILES string of the molecule is Cc1cc(C#N)cc(C)c1Oc1ccnc(NC2CCN(c3cc(Cl)cc(C#N)c3)CC2)n1. The molecule has 166 valence electrons. The molecular formula is C25H23ClN6O. The van der Waals surface area contributed by atoms with E-state index in [9.17, 15) is 5.26 Å². The van der Waals surface area contributed by atoms with Gasteiger partial charge in [0.1, 0.15) is 5.75 Å². The molecule has 1 saturated heterocycles. The van der Waals surface area contributed by atoms with Crippen LogP contribution in [0.15, 0.2) is 42.6 Å². The van der Waals surface area contributed by atoms with Crippen LogP contribution < -0.4 is 15.0 Å². The lowest BCUT2D eigenvalue weighted by atomic mass is 10.0. The zero-order chi connectivity index (χ0) is 23.4. The van der Waals surface area contributed by atoms with Crippen molar-refractivity contribution in [3.05, 3.63) is 69.9 Å². The fraction of sp³-hybridized carbons (Fsp3) is 0.280. The molecule has 2 aromatic carbocycles. The number of anilines is 2. The number of ether oxygens (including phenoxy) is 1. The first-order valence-corrected chi connectivity index (χ1v) is 11.1. The zero-order valence-corrected chi connectivity index (χ0v) is 19.2. The van der Waals surface area contributed by atoms with Crippen LogP contribution in [-0.4, -0.2) is 29.1 Å². The molecule has 8 heteroatoms. The van der Waals surface area contributed by atoms with Crippen molar-refractivity contribution in [2.24, 2.45) is 0 Å². The number of nitriles is 2. The summed E-state index contributed by atoms with van der Waals surface area (Å²) in [5.41, 5.74) is 3.91. The Hall–Kier alpha value is -3.81. The molecule has 0 bridgehead atoms. The van der Waals surface area contributed by atoms with Crippen LogP contribution in [-0.2, 0) is 0 Å². The van der Waals surface area contributed by atoms with E-state index in [1.807, 2.05) is 26.0 Å². The van der Waals surface area contributed by atoms with Crippen molar-refractivity contribution in [1.29, 1.82) is 10.5 Å². The lowest BCUT2D eigenvalue weighted by molar-refractivity contribution is 0.454. The van der Waals surface area contributed by atoms with Gasteiger partial charge in [0, 0.05) is 42.1 Å². The van der Waals surface area contributed by atoms with Crippen LogP contribution in [0.25, 0.3) is 0 Å². The number of benzene rings is 2. The number of aromatic nitrogens is 2. The highest BCUT2D eigenvalue weighted by Crippen LogP contribution is 2.30. The van der Waals surface area contributed by atoms with Gasteiger partial charge in [-0.15, -0.1) is 0 Å². The Morgan fingerprint density at radius 3 is 2.36 bits per heavy atom. The molecule has 0 spiro atoms.